The van der Waals surface area contributed by atoms with Gasteiger partial charge in [-0.1, -0.05) is 46.1 Å². The van der Waals surface area contributed by atoms with E-state index in [4.69, 9.17) is 0 Å². The quantitative estimate of drug-likeness (QED) is 0.169. The van der Waals surface area contributed by atoms with Crippen LogP contribution in [-0.4, -0.2) is 57.3 Å². The number of carboxylic acids is 3. The molecule has 0 aromatic carbocycles. The van der Waals surface area contributed by atoms with Crippen molar-refractivity contribution in [2.45, 2.75) is 116 Å². The smallest absolute Gasteiger partial charge is 0.362 e. The van der Waals surface area contributed by atoms with Gasteiger partial charge in [0.1, 0.15) is 6.04 Å². The van der Waals surface area contributed by atoms with Crippen LogP contribution in [0.1, 0.15) is 97.8 Å². The minimum Gasteiger partial charge on any atom is -0.544 e. The number of carbonyl (C=O) groups excluding carboxylic acids is 1. The molecular weight excluding hydrogens is 398 g/mol. The van der Waals surface area contributed by atoms with Gasteiger partial charge in [0.05, 0.1) is 12.5 Å². The first-order valence-electron chi connectivity index (χ1n) is 11.9. The number of hydrogen-bond donors (Lipinski definition) is 2. The van der Waals surface area contributed by atoms with Crippen molar-refractivity contribution in [3.63, 3.8) is 0 Å². The Morgan fingerprint density at radius 2 is 1.23 bits per heavy atom. The van der Waals surface area contributed by atoms with Gasteiger partial charge in [-0.2, -0.15) is 0 Å². The molecule has 0 fully saturated rings. The second-order valence-corrected chi connectivity index (χ2v) is 8.47. The van der Waals surface area contributed by atoms with Crippen LogP contribution in [0.3, 0.4) is 0 Å². The van der Waals surface area contributed by atoms with E-state index in [1.807, 2.05) is 26.8 Å². The summed E-state index contributed by atoms with van der Waals surface area (Å²) in [7, 11) is 0. The fraction of sp³-hybridized carbons (Fsp3) is 0.792. The minimum atomic E-state index is -1.35. The van der Waals surface area contributed by atoms with Crippen LogP contribution in [0.15, 0.2) is 12.7 Å². The van der Waals surface area contributed by atoms with E-state index in [2.05, 4.69) is 6.58 Å². The zero-order chi connectivity index (χ0) is 23.9. The molecule has 0 radical (unpaired) electrons. The zero-order valence-corrected chi connectivity index (χ0v) is 19.7. The molecular formula is C24H43NO6. The van der Waals surface area contributed by atoms with Gasteiger partial charge < -0.3 is 20.1 Å². The SMILES string of the molecule is C=CCCCCCCC[N+](C(CCC)C(=O)[O-])(C(CCC)C(=O)O)C(CCC)C(=O)O. The monoisotopic (exact) mass is 441 g/mol. The van der Waals surface area contributed by atoms with E-state index in [9.17, 15) is 29.7 Å². The predicted octanol–water partition coefficient (Wildman–Crippen LogP) is 3.76. The Bertz CT molecular complexity index is 502. The molecule has 0 bridgehead atoms. The lowest BCUT2D eigenvalue weighted by Crippen LogP contribution is -2.74. The second kappa shape index (κ2) is 15.8. The van der Waals surface area contributed by atoms with Crippen LogP contribution < -0.4 is 5.11 Å². The standard InChI is InChI=1S/C24H43NO6/c1-5-9-10-11-12-13-14-18-25(19(15-6-2)22(26)27,20(16-7-3)23(28)29)21(17-8-4)24(30)31/h5,19-21H,1,6-18H2,2-4H3,(H2-,26,27,28,29,30,31). The van der Waals surface area contributed by atoms with E-state index in [-0.39, 0.29) is 25.8 Å². The van der Waals surface area contributed by atoms with E-state index < -0.39 is 40.5 Å². The number of rotatable bonds is 20. The Balaban J connectivity index is 6.26. The molecule has 2 N–H and O–H groups in total. The summed E-state index contributed by atoms with van der Waals surface area (Å²) in [5, 5.41) is 32.5. The van der Waals surface area contributed by atoms with Crippen molar-refractivity contribution in [3.05, 3.63) is 12.7 Å². The van der Waals surface area contributed by atoms with Gasteiger partial charge in [-0.05, 0) is 38.5 Å². The van der Waals surface area contributed by atoms with Crippen LogP contribution in [0.5, 0.6) is 0 Å². The van der Waals surface area contributed by atoms with Crippen LogP contribution in [-0.2, 0) is 14.4 Å². The van der Waals surface area contributed by atoms with E-state index in [1.54, 1.807) is 0 Å². The third-order valence-corrected chi connectivity index (χ3v) is 6.22. The molecule has 0 aromatic heterocycles. The summed E-state index contributed by atoms with van der Waals surface area (Å²) in [6.45, 7) is 9.44. The lowest BCUT2D eigenvalue weighted by Gasteiger charge is -2.52. The summed E-state index contributed by atoms with van der Waals surface area (Å²) in [6.07, 6.45) is 9.43. The summed E-state index contributed by atoms with van der Waals surface area (Å²) in [5.74, 6) is -3.60. The summed E-state index contributed by atoms with van der Waals surface area (Å²) in [4.78, 5) is 37.0. The molecule has 0 aliphatic carbocycles. The Morgan fingerprint density at radius 1 is 0.806 bits per heavy atom. The summed E-state index contributed by atoms with van der Waals surface area (Å²) in [6, 6.07) is -3.34. The van der Waals surface area contributed by atoms with Crippen LogP contribution in [0, 0.1) is 0 Å². The molecule has 3 unspecified atom stereocenters. The molecule has 7 heteroatoms. The van der Waals surface area contributed by atoms with Crippen molar-refractivity contribution in [1.82, 2.24) is 0 Å². The molecule has 0 aliphatic heterocycles. The number of nitrogens with zero attached hydrogens (tertiary/aromatic N) is 1. The Hall–Kier alpha value is -1.89. The largest absolute Gasteiger partial charge is 0.544 e. The molecule has 0 saturated heterocycles. The lowest BCUT2D eigenvalue weighted by atomic mass is 9.91. The Kier molecular flexibility index (Phi) is 14.9. The fourth-order valence-corrected chi connectivity index (χ4v) is 4.84. The zero-order valence-electron chi connectivity index (χ0n) is 19.7. The highest BCUT2D eigenvalue weighted by atomic mass is 16.4. The van der Waals surface area contributed by atoms with Crippen molar-refractivity contribution >= 4 is 17.9 Å². The van der Waals surface area contributed by atoms with Gasteiger partial charge >= 0.3 is 11.9 Å². The molecule has 7 nitrogen and oxygen atoms in total. The van der Waals surface area contributed by atoms with Gasteiger partial charge in [0.2, 0.25) is 0 Å². The van der Waals surface area contributed by atoms with Crippen LogP contribution in [0.25, 0.3) is 0 Å². The maximum absolute atomic E-state index is 12.4. The predicted molar refractivity (Wildman–Crippen MR) is 119 cm³/mol. The minimum absolute atomic E-state index is 0.197. The number of carbonyl (C=O) groups is 3. The van der Waals surface area contributed by atoms with Crippen LogP contribution >= 0.6 is 0 Å². The average Bonchev–Trinajstić information content (AvgIpc) is 2.71. The molecule has 0 aliphatic rings. The van der Waals surface area contributed by atoms with Gasteiger partial charge in [-0.15, -0.1) is 6.58 Å². The van der Waals surface area contributed by atoms with Crippen LogP contribution in [0.2, 0.25) is 0 Å². The summed E-state index contributed by atoms with van der Waals surface area (Å²) >= 11 is 0. The molecule has 3 atom stereocenters. The highest BCUT2D eigenvalue weighted by Crippen LogP contribution is 2.34. The van der Waals surface area contributed by atoms with Crippen molar-refractivity contribution in [2.24, 2.45) is 0 Å². The molecule has 31 heavy (non-hydrogen) atoms. The molecule has 0 aromatic rings. The average molecular weight is 442 g/mol. The number of quaternary nitrogens is 1. The fourth-order valence-electron chi connectivity index (χ4n) is 4.84. The molecule has 0 rings (SSSR count). The Morgan fingerprint density at radius 3 is 1.61 bits per heavy atom. The summed E-state index contributed by atoms with van der Waals surface area (Å²) in [5.41, 5.74) is 0. The highest BCUT2D eigenvalue weighted by molar-refractivity contribution is 5.77. The topological polar surface area (TPSA) is 115 Å². The van der Waals surface area contributed by atoms with E-state index >= 15 is 0 Å². The number of aliphatic carboxylic acids is 3. The Labute approximate surface area is 187 Å². The van der Waals surface area contributed by atoms with E-state index in [1.165, 1.54) is 0 Å². The maximum atomic E-state index is 12.4. The molecule has 0 heterocycles. The number of unbranched alkanes of at least 4 members (excludes halogenated alkanes) is 5. The number of carboxylic acid groups (broad SMARTS) is 3. The summed E-state index contributed by atoms with van der Waals surface area (Å²) < 4.78 is -0.449. The van der Waals surface area contributed by atoms with E-state index in [0.717, 1.165) is 32.1 Å². The van der Waals surface area contributed by atoms with Gasteiger partial charge in [-0.25, -0.2) is 9.59 Å². The molecule has 180 valence electrons. The van der Waals surface area contributed by atoms with Crippen molar-refractivity contribution in [1.29, 1.82) is 0 Å². The highest BCUT2D eigenvalue weighted by Gasteiger charge is 2.54. The van der Waals surface area contributed by atoms with Gasteiger partial charge in [0.15, 0.2) is 12.1 Å². The molecule has 0 amide bonds. The van der Waals surface area contributed by atoms with Gasteiger partial charge in [-0.3, -0.25) is 4.48 Å². The van der Waals surface area contributed by atoms with Crippen molar-refractivity contribution in [2.75, 3.05) is 6.54 Å². The van der Waals surface area contributed by atoms with Crippen molar-refractivity contribution < 1.29 is 34.2 Å². The van der Waals surface area contributed by atoms with Crippen LogP contribution in [0.4, 0.5) is 0 Å². The van der Waals surface area contributed by atoms with Crippen molar-refractivity contribution in [3.8, 4) is 0 Å². The van der Waals surface area contributed by atoms with E-state index in [0.29, 0.717) is 25.7 Å². The second-order valence-electron chi connectivity index (χ2n) is 8.47. The number of hydrogen-bond acceptors (Lipinski definition) is 4. The molecule has 0 saturated carbocycles. The third kappa shape index (κ3) is 8.63. The maximum Gasteiger partial charge on any atom is 0.362 e. The first-order valence-corrected chi connectivity index (χ1v) is 11.9. The first-order chi connectivity index (χ1) is 14.7. The lowest BCUT2D eigenvalue weighted by molar-refractivity contribution is -0.975. The van der Waals surface area contributed by atoms with Gasteiger partial charge in [0, 0.05) is 19.3 Å². The molecule has 0 spiro atoms. The van der Waals surface area contributed by atoms with Gasteiger partial charge in [0.25, 0.3) is 0 Å². The normalized spacial score (nSPS) is 16.1. The third-order valence-electron chi connectivity index (χ3n) is 6.22. The first kappa shape index (κ1) is 29.1. The number of allylic oxidation sites excluding steroid dienone is 1.